The van der Waals surface area contributed by atoms with Crippen molar-refractivity contribution in [2.75, 3.05) is 6.61 Å². The standard InChI is InChI=1S/C21H21N3O4/c1-14(2)22-18(25)13-28-21(27)19-16-10-6-7-11-17(16)20(26)24(23-19)12-15-8-4-3-5-9-15/h3-11,14H,12-13H2,1-2H3,(H,22,25). The molecule has 7 heteroatoms. The number of nitrogens with zero attached hydrogens (tertiary/aromatic N) is 2. The van der Waals surface area contributed by atoms with E-state index >= 15 is 0 Å². The van der Waals surface area contributed by atoms with Crippen molar-refractivity contribution < 1.29 is 14.3 Å². The van der Waals surface area contributed by atoms with Crippen LogP contribution in [0.2, 0.25) is 0 Å². The van der Waals surface area contributed by atoms with Gasteiger partial charge in [-0.1, -0.05) is 48.5 Å². The van der Waals surface area contributed by atoms with E-state index in [1.54, 1.807) is 24.3 Å². The van der Waals surface area contributed by atoms with E-state index in [0.29, 0.717) is 10.8 Å². The van der Waals surface area contributed by atoms with Crippen LogP contribution in [0.4, 0.5) is 0 Å². The zero-order valence-electron chi connectivity index (χ0n) is 15.7. The largest absolute Gasteiger partial charge is 0.451 e. The molecule has 3 rings (SSSR count). The summed E-state index contributed by atoms with van der Waals surface area (Å²) >= 11 is 0. The molecule has 144 valence electrons. The summed E-state index contributed by atoms with van der Waals surface area (Å²) in [7, 11) is 0. The number of nitrogens with one attached hydrogen (secondary N) is 1. The normalized spacial score (nSPS) is 10.8. The number of amides is 1. The van der Waals surface area contributed by atoms with Gasteiger partial charge in [0.1, 0.15) is 0 Å². The SMILES string of the molecule is CC(C)NC(=O)COC(=O)c1nn(Cc2ccccc2)c(=O)c2ccccc12. The maximum Gasteiger partial charge on any atom is 0.359 e. The van der Waals surface area contributed by atoms with E-state index in [0.717, 1.165) is 5.56 Å². The molecule has 0 fully saturated rings. The van der Waals surface area contributed by atoms with E-state index in [4.69, 9.17) is 4.74 Å². The zero-order chi connectivity index (χ0) is 20.1. The Kier molecular flexibility index (Phi) is 5.84. The molecule has 0 unspecified atom stereocenters. The van der Waals surface area contributed by atoms with Gasteiger partial charge in [-0.3, -0.25) is 9.59 Å². The van der Waals surface area contributed by atoms with Crippen molar-refractivity contribution in [3.05, 3.63) is 76.2 Å². The maximum absolute atomic E-state index is 12.8. The number of benzene rings is 2. The van der Waals surface area contributed by atoms with Crippen LogP contribution in [0.5, 0.6) is 0 Å². The molecule has 0 aliphatic carbocycles. The van der Waals surface area contributed by atoms with Crippen LogP contribution in [0.15, 0.2) is 59.4 Å². The molecule has 0 saturated carbocycles. The Labute approximate surface area is 161 Å². The molecule has 2 aromatic carbocycles. The first-order valence-electron chi connectivity index (χ1n) is 8.96. The number of carbonyl (C=O) groups excluding carboxylic acids is 2. The van der Waals surface area contributed by atoms with Gasteiger partial charge in [0.2, 0.25) is 0 Å². The summed E-state index contributed by atoms with van der Waals surface area (Å²) in [5, 5.41) is 7.64. The Morgan fingerprint density at radius 1 is 1.04 bits per heavy atom. The summed E-state index contributed by atoms with van der Waals surface area (Å²) in [5.74, 6) is -1.15. The lowest BCUT2D eigenvalue weighted by Crippen LogP contribution is -2.34. The van der Waals surface area contributed by atoms with Crippen LogP contribution in [-0.4, -0.2) is 34.3 Å². The first kappa shape index (κ1) is 19.3. The Balaban J connectivity index is 1.94. The minimum Gasteiger partial charge on any atom is -0.451 e. The Morgan fingerprint density at radius 2 is 1.68 bits per heavy atom. The Morgan fingerprint density at radius 3 is 2.36 bits per heavy atom. The monoisotopic (exact) mass is 379 g/mol. The molecule has 0 aliphatic rings. The number of aromatic nitrogens is 2. The van der Waals surface area contributed by atoms with Crippen molar-refractivity contribution in [1.82, 2.24) is 15.1 Å². The molecule has 7 nitrogen and oxygen atoms in total. The van der Waals surface area contributed by atoms with Gasteiger partial charge in [-0.25, -0.2) is 9.48 Å². The van der Waals surface area contributed by atoms with Gasteiger partial charge in [0, 0.05) is 11.4 Å². The summed E-state index contributed by atoms with van der Waals surface area (Å²) in [4.78, 5) is 37.1. The number of rotatable bonds is 6. The molecule has 0 spiro atoms. The van der Waals surface area contributed by atoms with E-state index in [1.165, 1.54) is 4.68 Å². The second-order valence-corrected chi connectivity index (χ2v) is 6.64. The van der Waals surface area contributed by atoms with Crippen molar-refractivity contribution >= 4 is 22.6 Å². The van der Waals surface area contributed by atoms with Crippen molar-refractivity contribution in [3.8, 4) is 0 Å². The van der Waals surface area contributed by atoms with Gasteiger partial charge in [0.15, 0.2) is 12.3 Å². The lowest BCUT2D eigenvalue weighted by molar-refractivity contribution is -0.124. The number of ether oxygens (including phenoxy) is 1. The fourth-order valence-electron chi connectivity index (χ4n) is 2.81. The predicted octanol–water partition coefficient (Wildman–Crippen LogP) is 2.13. The number of fused-ring (bicyclic) bond motifs is 1. The van der Waals surface area contributed by atoms with Gasteiger partial charge in [-0.2, -0.15) is 5.10 Å². The lowest BCUT2D eigenvalue weighted by Gasteiger charge is -2.12. The number of esters is 1. The van der Waals surface area contributed by atoms with Crippen LogP contribution >= 0.6 is 0 Å². The molecule has 1 amide bonds. The van der Waals surface area contributed by atoms with E-state index in [2.05, 4.69) is 10.4 Å². The van der Waals surface area contributed by atoms with E-state index < -0.39 is 18.5 Å². The number of hydrogen-bond donors (Lipinski definition) is 1. The average Bonchev–Trinajstić information content (AvgIpc) is 2.68. The third kappa shape index (κ3) is 4.43. The molecule has 0 bridgehead atoms. The molecular weight excluding hydrogens is 358 g/mol. The molecule has 3 aromatic rings. The Bertz CT molecular complexity index is 1060. The van der Waals surface area contributed by atoms with E-state index in [9.17, 15) is 14.4 Å². The minimum atomic E-state index is -0.753. The highest BCUT2D eigenvalue weighted by Gasteiger charge is 2.19. The molecule has 28 heavy (non-hydrogen) atoms. The van der Waals surface area contributed by atoms with Crippen molar-refractivity contribution in [1.29, 1.82) is 0 Å². The Hall–Kier alpha value is -3.48. The highest BCUT2D eigenvalue weighted by Crippen LogP contribution is 2.15. The van der Waals surface area contributed by atoms with E-state index in [1.807, 2.05) is 44.2 Å². The zero-order valence-corrected chi connectivity index (χ0v) is 15.7. The van der Waals surface area contributed by atoms with Crippen molar-refractivity contribution in [2.24, 2.45) is 0 Å². The van der Waals surface area contributed by atoms with Gasteiger partial charge in [-0.15, -0.1) is 0 Å². The van der Waals surface area contributed by atoms with Crippen LogP contribution in [0.25, 0.3) is 10.8 Å². The van der Waals surface area contributed by atoms with Crippen molar-refractivity contribution in [3.63, 3.8) is 0 Å². The number of hydrogen-bond acceptors (Lipinski definition) is 5. The van der Waals surface area contributed by atoms with Gasteiger partial charge in [0.05, 0.1) is 11.9 Å². The summed E-state index contributed by atoms with van der Waals surface area (Å²) in [6.45, 7) is 3.44. The van der Waals surface area contributed by atoms with Crippen LogP contribution in [0, 0.1) is 0 Å². The summed E-state index contributed by atoms with van der Waals surface area (Å²) in [5.41, 5.74) is 0.583. The van der Waals surface area contributed by atoms with Crippen molar-refractivity contribution in [2.45, 2.75) is 26.4 Å². The molecule has 0 aliphatic heterocycles. The lowest BCUT2D eigenvalue weighted by atomic mass is 10.1. The summed E-state index contributed by atoms with van der Waals surface area (Å²) in [6.07, 6.45) is 0. The van der Waals surface area contributed by atoms with Crippen LogP contribution in [0.1, 0.15) is 29.9 Å². The second kappa shape index (κ2) is 8.47. The first-order chi connectivity index (χ1) is 13.5. The smallest absolute Gasteiger partial charge is 0.359 e. The summed E-state index contributed by atoms with van der Waals surface area (Å²) in [6, 6.07) is 16.0. The van der Waals surface area contributed by atoms with Crippen LogP contribution in [0.3, 0.4) is 0 Å². The average molecular weight is 379 g/mol. The molecule has 1 N–H and O–H groups in total. The van der Waals surface area contributed by atoms with E-state index in [-0.39, 0.29) is 23.8 Å². The topological polar surface area (TPSA) is 90.3 Å². The molecular formula is C21H21N3O4. The molecule has 1 aromatic heterocycles. The van der Waals surface area contributed by atoms with Gasteiger partial charge in [-0.05, 0) is 25.5 Å². The fourth-order valence-corrected chi connectivity index (χ4v) is 2.81. The quantitative estimate of drug-likeness (QED) is 0.663. The predicted molar refractivity (Wildman–Crippen MR) is 105 cm³/mol. The molecule has 0 atom stereocenters. The van der Waals surface area contributed by atoms with Crippen LogP contribution < -0.4 is 10.9 Å². The maximum atomic E-state index is 12.8. The highest BCUT2D eigenvalue weighted by molar-refractivity contribution is 6.02. The van der Waals surface area contributed by atoms with Gasteiger partial charge in [0.25, 0.3) is 11.5 Å². The molecule has 0 radical (unpaired) electrons. The third-order valence-corrected chi connectivity index (χ3v) is 4.02. The number of carbonyl (C=O) groups is 2. The first-order valence-corrected chi connectivity index (χ1v) is 8.96. The van der Waals surface area contributed by atoms with Crippen LogP contribution in [-0.2, 0) is 16.1 Å². The molecule has 1 heterocycles. The van der Waals surface area contributed by atoms with Gasteiger partial charge < -0.3 is 10.1 Å². The highest BCUT2D eigenvalue weighted by atomic mass is 16.5. The molecule has 0 saturated heterocycles. The second-order valence-electron chi connectivity index (χ2n) is 6.64. The minimum absolute atomic E-state index is 0.00322. The van der Waals surface area contributed by atoms with Gasteiger partial charge >= 0.3 is 5.97 Å². The summed E-state index contributed by atoms with van der Waals surface area (Å²) < 4.78 is 6.35. The fraction of sp³-hybridized carbons (Fsp3) is 0.238. The third-order valence-electron chi connectivity index (χ3n) is 4.02.